The predicted octanol–water partition coefficient (Wildman–Crippen LogP) is 3.35. The summed E-state index contributed by atoms with van der Waals surface area (Å²) in [4.78, 5) is 19.1. The molecule has 1 aliphatic heterocycles. The molecule has 2 aromatic rings. The van der Waals surface area contributed by atoms with Gasteiger partial charge in [0.25, 0.3) is 0 Å². The highest BCUT2D eigenvalue weighted by molar-refractivity contribution is 5.78. The largest absolute Gasteiger partial charge is 0.493 e. The SMILES string of the molecule is CCc1nc(C2CCN(C(=O)Cc3ccc(OCC(C)C)cc3)CC2)n[nH]1. The highest BCUT2D eigenvalue weighted by Crippen LogP contribution is 2.26. The van der Waals surface area contributed by atoms with Crippen molar-refractivity contribution in [2.75, 3.05) is 19.7 Å². The van der Waals surface area contributed by atoms with Crippen LogP contribution in [0, 0.1) is 5.92 Å². The fourth-order valence-corrected chi connectivity index (χ4v) is 3.29. The minimum atomic E-state index is 0.188. The number of piperidine rings is 1. The number of hydrogen-bond donors (Lipinski definition) is 1. The average molecular weight is 370 g/mol. The van der Waals surface area contributed by atoms with Gasteiger partial charge in [0.1, 0.15) is 11.6 Å². The topological polar surface area (TPSA) is 71.1 Å². The lowest BCUT2D eigenvalue weighted by atomic mass is 9.95. The van der Waals surface area contributed by atoms with E-state index < -0.39 is 0 Å². The van der Waals surface area contributed by atoms with Crippen molar-refractivity contribution >= 4 is 5.91 Å². The summed E-state index contributed by atoms with van der Waals surface area (Å²) in [6.45, 7) is 8.57. The number of aromatic amines is 1. The molecule has 6 heteroatoms. The Hall–Kier alpha value is -2.37. The van der Waals surface area contributed by atoms with Crippen LogP contribution in [0.5, 0.6) is 5.75 Å². The first-order valence-corrected chi connectivity index (χ1v) is 9.95. The van der Waals surface area contributed by atoms with Crippen molar-refractivity contribution in [3.8, 4) is 5.75 Å². The van der Waals surface area contributed by atoms with Crippen molar-refractivity contribution in [3.05, 3.63) is 41.5 Å². The lowest BCUT2D eigenvalue weighted by molar-refractivity contribution is -0.131. The second-order valence-electron chi connectivity index (χ2n) is 7.67. The van der Waals surface area contributed by atoms with Crippen LogP contribution in [0.15, 0.2) is 24.3 Å². The molecule has 1 amide bonds. The van der Waals surface area contributed by atoms with E-state index in [1.165, 1.54) is 0 Å². The number of benzene rings is 1. The molecule has 146 valence electrons. The molecular formula is C21H30N4O2. The zero-order valence-corrected chi connectivity index (χ0v) is 16.6. The van der Waals surface area contributed by atoms with E-state index in [9.17, 15) is 4.79 Å². The highest BCUT2D eigenvalue weighted by Gasteiger charge is 2.26. The minimum absolute atomic E-state index is 0.188. The summed E-state index contributed by atoms with van der Waals surface area (Å²) in [5.74, 6) is 3.73. The van der Waals surface area contributed by atoms with E-state index in [1.54, 1.807) is 0 Å². The number of aromatic nitrogens is 3. The van der Waals surface area contributed by atoms with Crippen molar-refractivity contribution in [1.29, 1.82) is 0 Å². The number of hydrogen-bond acceptors (Lipinski definition) is 4. The molecule has 0 saturated carbocycles. The van der Waals surface area contributed by atoms with E-state index in [1.807, 2.05) is 29.2 Å². The summed E-state index contributed by atoms with van der Waals surface area (Å²) >= 11 is 0. The van der Waals surface area contributed by atoms with Crippen molar-refractivity contribution < 1.29 is 9.53 Å². The Morgan fingerprint density at radius 1 is 1.26 bits per heavy atom. The molecule has 6 nitrogen and oxygen atoms in total. The van der Waals surface area contributed by atoms with Crippen molar-refractivity contribution in [1.82, 2.24) is 20.1 Å². The van der Waals surface area contributed by atoms with Gasteiger partial charge >= 0.3 is 0 Å². The Labute approximate surface area is 161 Å². The van der Waals surface area contributed by atoms with E-state index in [0.29, 0.717) is 24.9 Å². The third-order valence-electron chi connectivity index (χ3n) is 4.96. The maximum absolute atomic E-state index is 12.6. The number of nitrogens with zero attached hydrogens (tertiary/aromatic N) is 3. The molecule has 0 atom stereocenters. The summed E-state index contributed by atoms with van der Waals surface area (Å²) < 4.78 is 5.70. The number of nitrogens with one attached hydrogen (secondary N) is 1. The van der Waals surface area contributed by atoms with Gasteiger partial charge in [-0.2, -0.15) is 5.10 Å². The van der Waals surface area contributed by atoms with E-state index in [-0.39, 0.29) is 5.91 Å². The zero-order valence-electron chi connectivity index (χ0n) is 16.6. The molecule has 0 radical (unpaired) electrons. The van der Waals surface area contributed by atoms with Gasteiger partial charge in [-0.3, -0.25) is 9.89 Å². The maximum Gasteiger partial charge on any atom is 0.226 e. The van der Waals surface area contributed by atoms with Crippen LogP contribution in [-0.2, 0) is 17.6 Å². The van der Waals surface area contributed by atoms with E-state index >= 15 is 0 Å². The molecule has 0 unspecified atom stereocenters. The highest BCUT2D eigenvalue weighted by atomic mass is 16.5. The van der Waals surface area contributed by atoms with Crippen LogP contribution in [-0.4, -0.2) is 45.7 Å². The van der Waals surface area contributed by atoms with Gasteiger partial charge in [-0.25, -0.2) is 4.98 Å². The van der Waals surface area contributed by atoms with Gasteiger partial charge < -0.3 is 9.64 Å². The van der Waals surface area contributed by atoms with Crippen molar-refractivity contribution in [2.24, 2.45) is 5.92 Å². The number of carbonyl (C=O) groups is 1. The lowest BCUT2D eigenvalue weighted by Crippen LogP contribution is -2.39. The quantitative estimate of drug-likeness (QED) is 0.811. The van der Waals surface area contributed by atoms with Crippen LogP contribution < -0.4 is 4.74 Å². The second-order valence-corrected chi connectivity index (χ2v) is 7.67. The molecule has 27 heavy (non-hydrogen) atoms. The molecule has 0 bridgehead atoms. The predicted molar refractivity (Wildman–Crippen MR) is 105 cm³/mol. The second kappa shape index (κ2) is 9.02. The van der Waals surface area contributed by atoms with Gasteiger partial charge in [0.05, 0.1) is 13.0 Å². The van der Waals surface area contributed by atoms with Gasteiger partial charge in [-0.15, -0.1) is 0 Å². The van der Waals surface area contributed by atoms with Crippen molar-refractivity contribution in [3.63, 3.8) is 0 Å². The molecule has 1 saturated heterocycles. The number of aryl methyl sites for hydroxylation is 1. The van der Waals surface area contributed by atoms with Gasteiger partial charge in [-0.05, 0) is 36.5 Å². The third kappa shape index (κ3) is 5.31. The van der Waals surface area contributed by atoms with Crippen LogP contribution in [0.3, 0.4) is 0 Å². The Bertz CT molecular complexity index is 731. The van der Waals surface area contributed by atoms with Crippen LogP contribution >= 0.6 is 0 Å². The monoisotopic (exact) mass is 370 g/mol. The number of H-pyrrole nitrogens is 1. The molecule has 1 aliphatic rings. The summed E-state index contributed by atoms with van der Waals surface area (Å²) in [6.07, 6.45) is 3.16. The standard InChI is InChI=1S/C21H30N4O2/c1-4-19-22-21(24-23-19)17-9-11-25(12-10-17)20(26)13-16-5-7-18(8-6-16)27-14-15(2)3/h5-8,15,17H,4,9-14H2,1-3H3,(H,22,23,24). The van der Waals surface area contributed by atoms with Crippen molar-refractivity contribution in [2.45, 2.75) is 52.4 Å². The number of carbonyl (C=O) groups excluding carboxylic acids is 1. The fraction of sp³-hybridized carbons (Fsp3) is 0.571. The van der Waals surface area contributed by atoms with Gasteiger partial charge in [-0.1, -0.05) is 32.9 Å². The maximum atomic E-state index is 12.6. The Kier molecular flexibility index (Phi) is 6.48. The summed E-state index contributed by atoms with van der Waals surface area (Å²) in [5.41, 5.74) is 1.03. The van der Waals surface area contributed by atoms with E-state index in [4.69, 9.17) is 4.74 Å². The Morgan fingerprint density at radius 2 is 1.96 bits per heavy atom. The van der Waals surface area contributed by atoms with Crippen LogP contribution in [0.25, 0.3) is 0 Å². The summed E-state index contributed by atoms with van der Waals surface area (Å²) in [5, 5.41) is 7.32. The lowest BCUT2D eigenvalue weighted by Gasteiger charge is -2.31. The number of likely N-dealkylation sites (tertiary alicyclic amines) is 1. The summed E-state index contributed by atoms with van der Waals surface area (Å²) in [7, 11) is 0. The van der Waals surface area contributed by atoms with Gasteiger partial charge in [0.15, 0.2) is 5.82 Å². The molecular weight excluding hydrogens is 340 g/mol. The van der Waals surface area contributed by atoms with Crippen LogP contribution in [0.4, 0.5) is 0 Å². The number of amides is 1. The van der Waals surface area contributed by atoms with Gasteiger partial charge in [0, 0.05) is 25.4 Å². The minimum Gasteiger partial charge on any atom is -0.493 e. The van der Waals surface area contributed by atoms with E-state index in [2.05, 4.69) is 36.0 Å². The number of rotatable bonds is 7. The molecule has 0 aliphatic carbocycles. The Morgan fingerprint density at radius 3 is 2.56 bits per heavy atom. The smallest absolute Gasteiger partial charge is 0.226 e. The first-order chi connectivity index (χ1) is 13.0. The Balaban J connectivity index is 1.47. The first kappa shape index (κ1) is 19.4. The van der Waals surface area contributed by atoms with Gasteiger partial charge in [0.2, 0.25) is 5.91 Å². The summed E-state index contributed by atoms with van der Waals surface area (Å²) in [6, 6.07) is 7.87. The van der Waals surface area contributed by atoms with Crippen LogP contribution in [0.1, 0.15) is 56.7 Å². The zero-order chi connectivity index (χ0) is 19.2. The number of ether oxygens (including phenoxy) is 1. The van der Waals surface area contributed by atoms with Crippen LogP contribution in [0.2, 0.25) is 0 Å². The first-order valence-electron chi connectivity index (χ1n) is 9.95. The van der Waals surface area contributed by atoms with E-state index in [0.717, 1.165) is 55.3 Å². The molecule has 1 N–H and O–H groups in total. The molecule has 1 fully saturated rings. The molecule has 1 aromatic heterocycles. The molecule has 1 aromatic carbocycles. The molecule has 0 spiro atoms. The third-order valence-corrected chi connectivity index (χ3v) is 4.96. The normalized spacial score (nSPS) is 15.3. The average Bonchev–Trinajstić information content (AvgIpc) is 3.17. The fourth-order valence-electron chi connectivity index (χ4n) is 3.29. The molecule has 3 rings (SSSR count). The molecule has 2 heterocycles.